The van der Waals surface area contributed by atoms with Gasteiger partial charge in [-0.25, -0.2) is 0 Å². The Hall–Kier alpha value is -2.07. The van der Waals surface area contributed by atoms with Gasteiger partial charge < -0.3 is 0 Å². The molecule has 0 saturated heterocycles. The number of amides is 2. The molecule has 1 rings (SSSR count). The molecule has 1 aliphatic carbocycles. The minimum atomic E-state index is -0.589. The van der Waals surface area contributed by atoms with Gasteiger partial charge in [-0.1, -0.05) is 74.1 Å². The first-order valence-electron chi connectivity index (χ1n) is 9.65. The minimum Gasteiger partial charge on any atom is -0.269 e. The van der Waals surface area contributed by atoms with Gasteiger partial charge in [-0.2, -0.15) is 0 Å². The van der Waals surface area contributed by atoms with E-state index in [0.29, 0.717) is 0 Å². The van der Waals surface area contributed by atoms with Gasteiger partial charge in [0.15, 0.2) is 0 Å². The lowest BCUT2D eigenvalue weighted by atomic mass is 9.72. The molecule has 0 bridgehead atoms. The third-order valence-corrected chi connectivity index (χ3v) is 5.17. The second-order valence-electron chi connectivity index (χ2n) is 7.94. The van der Waals surface area contributed by atoms with E-state index < -0.39 is 11.1 Å². The average Bonchev–Trinajstić information content (AvgIpc) is 2.58. The molecule has 3 nitrogen and oxygen atoms in total. The molecule has 4 heteroatoms. The summed E-state index contributed by atoms with van der Waals surface area (Å²) < 4.78 is 0. The third kappa shape index (κ3) is 7.51. The first kappa shape index (κ1) is 24.0. The molecule has 0 heterocycles. The largest absolute Gasteiger partial charge is 0.285 e. The fourth-order valence-electron chi connectivity index (χ4n) is 3.34. The Kier molecular flexibility index (Phi) is 9.47. The highest BCUT2D eigenvalue weighted by Crippen LogP contribution is 2.40. The first-order valence-corrected chi connectivity index (χ1v) is 10.1. The smallest absolute Gasteiger partial charge is 0.269 e. The van der Waals surface area contributed by atoms with Crippen LogP contribution in [0, 0.1) is 5.41 Å². The fourth-order valence-corrected chi connectivity index (χ4v) is 3.52. The lowest BCUT2D eigenvalue weighted by molar-refractivity contribution is -0.122. The molecule has 0 radical (unpaired) electrons. The van der Waals surface area contributed by atoms with Crippen LogP contribution in [0.5, 0.6) is 0 Å². The van der Waals surface area contributed by atoms with Gasteiger partial charge in [0, 0.05) is 12.6 Å². The Bertz CT molecular complexity index is 763. The molecular weight excluding hydrogens is 366 g/mol. The molecule has 2 amide bonds. The van der Waals surface area contributed by atoms with Gasteiger partial charge >= 0.3 is 0 Å². The van der Waals surface area contributed by atoms with Gasteiger partial charge in [-0.05, 0) is 56.6 Å². The van der Waals surface area contributed by atoms with Crippen LogP contribution in [0.25, 0.3) is 0 Å². The van der Waals surface area contributed by atoms with Gasteiger partial charge in [-0.15, -0.1) is 6.58 Å². The first-order chi connectivity index (χ1) is 13.1. The molecule has 0 fully saturated rings. The van der Waals surface area contributed by atoms with Crippen LogP contribution >= 0.6 is 12.6 Å². The van der Waals surface area contributed by atoms with E-state index in [9.17, 15) is 9.59 Å². The van der Waals surface area contributed by atoms with Gasteiger partial charge in [0.1, 0.15) is 0 Å². The maximum absolute atomic E-state index is 12.1. The van der Waals surface area contributed by atoms with Crippen LogP contribution < -0.4 is 0 Å². The van der Waals surface area contributed by atoms with Crippen molar-refractivity contribution in [2.24, 2.45) is 5.41 Å². The number of imide groups is 1. The highest BCUT2D eigenvalue weighted by Gasteiger charge is 2.26. The molecule has 1 aliphatic rings. The highest BCUT2D eigenvalue weighted by molar-refractivity contribution is 7.96. The van der Waals surface area contributed by atoms with Crippen molar-refractivity contribution in [1.29, 1.82) is 0 Å². The summed E-state index contributed by atoms with van der Waals surface area (Å²) in [5, 5.41) is -0.589. The van der Waals surface area contributed by atoms with Crippen molar-refractivity contribution in [2.45, 2.75) is 53.9 Å². The van der Waals surface area contributed by atoms with Crippen molar-refractivity contribution in [3.05, 3.63) is 71.4 Å². The van der Waals surface area contributed by atoms with E-state index in [1.54, 1.807) is 0 Å². The van der Waals surface area contributed by atoms with Crippen molar-refractivity contribution >= 4 is 23.8 Å². The molecule has 0 aliphatic heterocycles. The molecule has 0 saturated carbocycles. The quantitative estimate of drug-likeness (QED) is 0.227. The summed E-state index contributed by atoms with van der Waals surface area (Å²) in [6.45, 7) is 14.4. The molecule has 0 spiro atoms. The Morgan fingerprint density at radius 2 is 1.89 bits per heavy atom. The predicted molar refractivity (Wildman–Crippen MR) is 122 cm³/mol. The summed E-state index contributed by atoms with van der Waals surface area (Å²) in [6.07, 6.45) is 16.7. The second-order valence-corrected chi connectivity index (χ2v) is 8.33. The number of thiol groups is 1. The number of carbonyl (C=O) groups excluding carboxylic acids is 2. The van der Waals surface area contributed by atoms with E-state index >= 15 is 0 Å². The number of hydrogen-bond acceptors (Lipinski definition) is 2. The van der Waals surface area contributed by atoms with Crippen LogP contribution in [0.4, 0.5) is 4.79 Å². The molecular formula is C24H33NO2S. The molecule has 0 atom stereocenters. The molecule has 0 unspecified atom stereocenters. The Balaban J connectivity index is 2.81. The van der Waals surface area contributed by atoms with Gasteiger partial charge in [0.2, 0.25) is 0 Å². The number of hydrogen-bond donors (Lipinski definition) is 1. The zero-order valence-corrected chi connectivity index (χ0v) is 18.7. The topological polar surface area (TPSA) is 37.4 Å². The fraction of sp³-hybridized carbons (Fsp3) is 0.417. The lowest BCUT2D eigenvalue weighted by Crippen LogP contribution is -2.32. The monoisotopic (exact) mass is 399 g/mol. The lowest BCUT2D eigenvalue weighted by Gasteiger charge is -2.32. The number of carbonyl (C=O) groups is 2. The maximum Gasteiger partial charge on any atom is 0.285 e. The van der Waals surface area contributed by atoms with E-state index in [1.165, 1.54) is 42.6 Å². The van der Waals surface area contributed by atoms with Crippen LogP contribution in [-0.2, 0) is 4.79 Å². The summed E-state index contributed by atoms with van der Waals surface area (Å²) in [5.41, 5.74) is 5.05. The zero-order chi connectivity index (χ0) is 21.3. The van der Waals surface area contributed by atoms with Crippen LogP contribution in [0.1, 0.15) is 53.9 Å². The molecule has 0 aromatic rings. The number of allylic oxidation sites excluding steroid dienone is 9. The van der Waals surface area contributed by atoms with E-state index in [2.05, 4.69) is 59.1 Å². The van der Waals surface area contributed by atoms with Crippen molar-refractivity contribution in [1.82, 2.24) is 4.90 Å². The van der Waals surface area contributed by atoms with Crippen LogP contribution in [-0.4, -0.2) is 22.6 Å². The number of rotatable bonds is 7. The predicted octanol–water partition coefficient (Wildman–Crippen LogP) is 6.58. The Morgan fingerprint density at radius 1 is 1.21 bits per heavy atom. The van der Waals surface area contributed by atoms with Gasteiger partial charge in [0.25, 0.3) is 11.1 Å². The molecule has 28 heavy (non-hydrogen) atoms. The van der Waals surface area contributed by atoms with Crippen LogP contribution in [0.3, 0.4) is 0 Å². The third-order valence-electron chi connectivity index (χ3n) is 4.93. The normalized spacial score (nSPS) is 18.1. The summed E-state index contributed by atoms with van der Waals surface area (Å²) in [6, 6.07) is 0. The van der Waals surface area contributed by atoms with Gasteiger partial charge in [0.05, 0.1) is 0 Å². The molecule has 0 aromatic carbocycles. The SMILES string of the molecule is C=CCN(C(=O)S)C(=O)/C=C(C)/C=C/C=C(C)/C=C/C1=C(C)CCCC1(C)C. The summed E-state index contributed by atoms with van der Waals surface area (Å²) in [7, 11) is 0. The highest BCUT2D eigenvalue weighted by atomic mass is 32.1. The van der Waals surface area contributed by atoms with Crippen molar-refractivity contribution in [3.8, 4) is 0 Å². The standard InChI is InChI=1S/C24H33NO2S/c1-7-16-25(23(27)28)22(26)17-19(3)11-8-10-18(2)13-14-21-20(4)12-9-15-24(21,5)6/h7-8,10-11,13-14,17H,1,9,12,15-16H2,2-6H3,(H,27,28)/b11-8+,14-13+,18-10+,19-17+. The zero-order valence-electron chi connectivity index (χ0n) is 17.8. The summed E-state index contributed by atoms with van der Waals surface area (Å²) in [4.78, 5) is 24.5. The minimum absolute atomic E-state index is 0.143. The van der Waals surface area contributed by atoms with Crippen molar-refractivity contribution in [3.63, 3.8) is 0 Å². The maximum atomic E-state index is 12.1. The van der Waals surface area contributed by atoms with E-state index in [-0.39, 0.29) is 12.0 Å². The Labute approximate surface area is 175 Å². The van der Waals surface area contributed by atoms with Crippen molar-refractivity contribution in [2.75, 3.05) is 6.54 Å². The van der Waals surface area contributed by atoms with E-state index in [1.807, 2.05) is 25.2 Å². The molecule has 152 valence electrons. The van der Waals surface area contributed by atoms with Crippen LogP contribution in [0.2, 0.25) is 0 Å². The van der Waals surface area contributed by atoms with E-state index in [0.717, 1.165) is 16.0 Å². The van der Waals surface area contributed by atoms with E-state index in [4.69, 9.17) is 0 Å². The van der Waals surface area contributed by atoms with Crippen LogP contribution in [0.15, 0.2) is 71.4 Å². The van der Waals surface area contributed by atoms with Crippen molar-refractivity contribution < 1.29 is 9.59 Å². The number of nitrogens with zero attached hydrogens (tertiary/aromatic N) is 1. The average molecular weight is 400 g/mol. The Morgan fingerprint density at radius 3 is 2.46 bits per heavy atom. The summed E-state index contributed by atoms with van der Waals surface area (Å²) >= 11 is 3.72. The molecule has 0 N–H and O–H groups in total. The second kappa shape index (κ2) is 11.1. The summed E-state index contributed by atoms with van der Waals surface area (Å²) in [5.74, 6) is -0.399. The molecule has 0 aromatic heterocycles. The van der Waals surface area contributed by atoms with Gasteiger partial charge in [-0.3, -0.25) is 14.5 Å².